The molecule has 2 aromatic rings. The quantitative estimate of drug-likeness (QED) is 0.943. The van der Waals surface area contributed by atoms with E-state index in [1.807, 2.05) is 32.0 Å². The van der Waals surface area contributed by atoms with Gasteiger partial charge in [-0.3, -0.25) is 9.69 Å². The molecule has 1 aliphatic heterocycles. The molecule has 1 amide bonds. The lowest BCUT2D eigenvalue weighted by Gasteiger charge is -2.32. The molecule has 1 saturated carbocycles. The SMILES string of the molecule is CC(C)NC(=O)c1ccc2c(c1)nc1n2CCN(C2CCCC2)C1. The van der Waals surface area contributed by atoms with E-state index in [9.17, 15) is 4.79 Å². The van der Waals surface area contributed by atoms with Gasteiger partial charge in [0.25, 0.3) is 5.91 Å². The maximum atomic E-state index is 12.2. The molecule has 1 aliphatic carbocycles. The van der Waals surface area contributed by atoms with Crippen molar-refractivity contribution in [3.63, 3.8) is 0 Å². The van der Waals surface area contributed by atoms with Gasteiger partial charge in [0, 0.05) is 30.7 Å². The van der Waals surface area contributed by atoms with E-state index < -0.39 is 0 Å². The van der Waals surface area contributed by atoms with Crippen molar-refractivity contribution >= 4 is 16.9 Å². The lowest BCUT2D eigenvalue weighted by Crippen LogP contribution is -2.39. The van der Waals surface area contributed by atoms with Crippen molar-refractivity contribution in [1.82, 2.24) is 19.8 Å². The Hall–Kier alpha value is -1.88. The minimum atomic E-state index is -0.0227. The van der Waals surface area contributed by atoms with Crippen molar-refractivity contribution < 1.29 is 4.79 Å². The van der Waals surface area contributed by atoms with Crippen LogP contribution in [0.2, 0.25) is 0 Å². The number of carbonyl (C=O) groups excluding carboxylic acids is 1. The summed E-state index contributed by atoms with van der Waals surface area (Å²) in [6.45, 7) is 7.00. The predicted molar refractivity (Wildman–Crippen MR) is 95.0 cm³/mol. The van der Waals surface area contributed by atoms with Crippen LogP contribution in [0.1, 0.15) is 55.7 Å². The van der Waals surface area contributed by atoms with Crippen molar-refractivity contribution in [3.05, 3.63) is 29.6 Å². The number of aromatic nitrogens is 2. The Labute approximate surface area is 143 Å². The molecule has 0 saturated heterocycles. The van der Waals surface area contributed by atoms with Crippen LogP contribution in [0.3, 0.4) is 0 Å². The summed E-state index contributed by atoms with van der Waals surface area (Å²) in [5.41, 5.74) is 2.78. The predicted octanol–water partition coefficient (Wildman–Crippen LogP) is 2.93. The molecule has 4 rings (SSSR count). The lowest BCUT2D eigenvalue weighted by atomic mass is 10.1. The highest BCUT2D eigenvalue weighted by Gasteiger charge is 2.27. The van der Waals surface area contributed by atoms with Gasteiger partial charge >= 0.3 is 0 Å². The number of nitrogens with one attached hydrogen (secondary N) is 1. The summed E-state index contributed by atoms with van der Waals surface area (Å²) < 4.78 is 2.32. The van der Waals surface area contributed by atoms with Gasteiger partial charge in [-0.2, -0.15) is 0 Å². The molecule has 0 radical (unpaired) electrons. The van der Waals surface area contributed by atoms with Crippen molar-refractivity contribution in [2.75, 3.05) is 6.54 Å². The van der Waals surface area contributed by atoms with E-state index >= 15 is 0 Å². The van der Waals surface area contributed by atoms with Gasteiger partial charge in [-0.1, -0.05) is 12.8 Å². The van der Waals surface area contributed by atoms with E-state index in [1.54, 1.807) is 0 Å². The number of carbonyl (C=O) groups is 1. The first-order chi connectivity index (χ1) is 11.6. The monoisotopic (exact) mass is 326 g/mol. The Kier molecular flexibility index (Phi) is 4.04. The zero-order valence-corrected chi connectivity index (χ0v) is 14.6. The molecule has 128 valence electrons. The van der Waals surface area contributed by atoms with Crippen LogP contribution in [0.5, 0.6) is 0 Å². The normalized spacial score (nSPS) is 19.1. The van der Waals surface area contributed by atoms with Gasteiger partial charge in [-0.05, 0) is 44.9 Å². The van der Waals surface area contributed by atoms with Gasteiger partial charge in [-0.15, -0.1) is 0 Å². The Morgan fingerprint density at radius 2 is 2.04 bits per heavy atom. The van der Waals surface area contributed by atoms with Gasteiger partial charge < -0.3 is 9.88 Å². The fourth-order valence-electron chi connectivity index (χ4n) is 4.11. The fourth-order valence-corrected chi connectivity index (χ4v) is 4.11. The highest BCUT2D eigenvalue weighted by atomic mass is 16.1. The number of hydrogen-bond donors (Lipinski definition) is 1. The third-order valence-electron chi connectivity index (χ3n) is 5.31. The van der Waals surface area contributed by atoms with Gasteiger partial charge in [0.1, 0.15) is 5.82 Å². The summed E-state index contributed by atoms with van der Waals surface area (Å²) in [6, 6.07) is 6.78. The second-order valence-electron chi connectivity index (χ2n) is 7.42. The lowest BCUT2D eigenvalue weighted by molar-refractivity contribution is 0.0943. The van der Waals surface area contributed by atoms with Crippen LogP contribution in [-0.2, 0) is 13.1 Å². The second-order valence-corrected chi connectivity index (χ2v) is 7.42. The van der Waals surface area contributed by atoms with E-state index in [1.165, 1.54) is 25.7 Å². The average molecular weight is 326 g/mol. The van der Waals surface area contributed by atoms with Crippen LogP contribution in [0.15, 0.2) is 18.2 Å². The highest BCUT2D eigenvalue weighted by Crippen LogP contribution is 2.28. The summed E-state index contributed by atoms with van der Waals surface area (Å²) in [5, 5.41) is 2.95. The number of nitrogens with zero attached hydrogens (tertiary/aromatic N) is 3. The summed E-state index contributed by atoms with van der Waals surface area (Å²) in [7, 11) is 0. The Morgan fingerprint density at radius 1 is 1.25 bits per heavy atom. The molecule has 5 nitrogen and oxygen atoms in total. The molecule has 1 aromatic heterocycles. The van der Waals surface area contributed by atoms with Gasteiger partial charge in [0.05, 0.1) is 17.6 Å². The zero-order valence-electron chi connectivity index (χ0n) is 14.6. The number of amides is 1. The Balaban J connectivity index is 1.60. The number of rotatable bonds is 3. The van der Waals surface area contributed by atoms with Crippen LogP contribution < -0.4 is 5.32 Å². The highest BCUT2D eigenvalue weighted by molar-refractivity contribution is 5.97. The van der Waals surface area contributed by atoms with Crippen molar-refractivity contribution in [3.8, 4) is 0 Å². The first-order valence-electron chi connectivity index (χ1n) is 9.16. The molecule has 2 heterocycles. The minimum Gasteiger partial charge on any atom is -0.350 e. The molecular formula is C19H26N4O. The Morgan fingerprint density at radius 3 is 2.79 bits per heavy atom. The molecule has 0 unspecified atom stereocenters. The largest absolute Gasteiger partial charge is 0.350 e. The zero-order chi connectivity index (χ0) is 16.7. The molecule has 1 aromatic carbocycles. The fraction of sp³-hybridized carbons (Fsp3) is 0.579. The summed E-state index contributed by atoms with van der Waals surface area (Å²) in [6.07, 6.45) is 5.40. The molecule has 1 fully saturated rings. The van der Waals surface area contributed by atoms with E-state index in [4.69, 9.17) is 4.98 Å². The van der Waals surface area contributed by atoms with Crippen molar-refractivity contribution in [2.24, 2.45) is 0 Å². The van der Waals surface area contributed by atoms with Crippen LogP contribution in [0.25, 0.3) is 11.0 Å². The summed E-state index contributed by atoms with van der Waals surface area (Å²) in [5.74, 6) is 1.12. The maximum absolute atomic E-state index is 12.2. The van der Waals surface area contributed by atoms with Crippen LogP contribution >= 0.6 is 0 Å². The number of fused-ring (bicyclic) bond motifs is 3. The Bertz CT molecular complexity index is 758. The van der Waals surface area contributed by atoms with Crippen LogP contribution in [0, 0.1) is 0 Å². The molecule has 2 aliphatic rings. The molecule has 0 bridgehead atoms. The van der Waals surface area contributed by atoms with Crippen LogP contribution in [-0.4, -0.2) is 39.0 Å². The molecule has 0 atom stereocenters. The summed E-state index contributed by atoms with van der Waals surface area (Å²) in [4.78, 5) is 19.7. The molecular weight excluding hydrogens is 300 g/mol. The van der Waals surface area contributed by atoms with E-state index in [-0.39, 0.29) is 11.9 Å². The standard InChI is InChI=1S/C19H26N4O/c1-13(2)20-19(24)14-7-8-17-16(11-14)21-18-12-22(9-10-23(17)18)15-5-3-4-6-15/h7-8,11,13,15H,3-6,9-10,12H2,1-2H3,(H,20,24). The van der Waals surface area contributed by atoms with Gasteiger partial charge in [-0.25, -0.2) is 4.98 Å². The third kappa shape index (κ3) is 2.81. The van der Waals surface area contributed by atoms with Gasteiger partial charge in [0.15, 0.2) is 0 Å². The molecule has 24 heavy (non-hydrogen) atoms. The first kappa shape index (κ1) is 15.6. The molecule has 5 heteroatoms. The minimum absolute atomic E-state index is 0.0227. The van der Waals surface area contributed by atoms with E-state index in [0.717, 1.165) is 42.5 Å². The van der Waals surface area contributed by atoms with E-state index in [0.29, 0.717) is 5.56 Å². The second kappa shape index (κ2) is 6.20. The number of hydrogen-bond acceptors (Lipinski definition) is 3. The molecule has 1 N–H and O–H groups in total. The third-order valence-corrected chi connectivity index (χ3v) is 5.31. The molecule has 0 spiro atoms. The van der Waals surface area contributed by atoms with Crippen molar-refractivity contribution in [1.29, 1.82) is 0 Å². The van der Waals surface area contributed by atoms with Crippen molar-refractivity contribution in [2.45, 2.75) is 64.7 Å². The van der Waals surface area contributed by atoms with Gasteiger partial charge in [0.2, 0.25) is 0 Å². The number of benzene rings is 1. The summed E-state index contributed by atoms with van der Waals surface area (Å²) >= 11 is 0. The first-order valence-corrected chi connectivity index (χ1v) is 9.16. The maximum Gasteiger partial charge on any atom is 0.251 e. The topological polar surface area (TPSA) is 50.2 Å². The smallest absolute Gasteiger partial charge is 0.251 e. The average Bonchev–Trinajstić information content (AvgIpc) is 3.20. The van der Waals surface area contributed by atoms with Crippen LogP contribution in [0.4, 0.5) is 0 Å². The number of imidazole rings is 1. The van der Waals surface area contributed by atoms with E-state index in [2.05, 4.69) is 14.8 Å².